The maximum Gasteiger partial charge on any atom is 0.389 e. The fourth-order valence-electron chi connectivity index (χ4n) is 5.67. The van der Waals surface area contributed by atoms with Crippen LogP contribution in [-0.2, 0) is 16.5 Å². The third-order valence-electron chi connectivity index (χ3n) is 7.66. The van der Waals surface area contributed by atoms with E-state index in [1.165, 1.54) is 0 Å². The van der Waals surface area contributed by atoms with Crippen LogP contribution in [0.25, 0.3) is 0 Å². The van der Waals surface area contributed by atoms with Gasteiger partial charge in [-0.3, -0.25) is 0 Å². The van der Waals surface area contributed by atoms with Crippen molar-refractivity contribution < 1.29 is 16.5 Å². The Morgan fingerprint density at radius 2 is 0.512 bits per heavy atom. The molecule has 5 aromatic carbocycles. The average molecular weight is 607 g/mol. The molecule has 6 rings (SSSR count). The van der Waals surface area contributed by atoms with Crippen LogP contribution in [-0.4, -0.2) is 34.2 Å². The van der Waals surface area contributed by atoms with Crippen LogP contribution in [0.2, 0.25) is 19.6 Å². The lowest BCUT2D eigenvalue weighted by molar-refractivity contribution is 0.257. The Morgan fingerprint density at radius 3 is 0.780 bits per heavy atom. The second kappa shape index (κ2) is 11.2. The second-order valence-electron chi connectivity index (χ2n) is 10.7. The Morgan fingerprint density at radius 1 is 0.293 bits per heavy atom. The van der Waals surface area contributed by atoms with E-state index in [0.29, 0.717) is 0 Å². The molecule has 8 heteroatoms. The first-order valence-electron chi connectivity index (χ1n) is 13.9. The molecule has 0 radical (unpaired) electrons. The molecule has 1 aliphatic heterocycles. The van der Waals surface area contributed by atoms with Crippen LogP contribution in [0.3, 0.4) is 0 Å². The zero-order valence-corrected chi connectivity index (χ0v) is 27.6. The summed E-state index contributed by atoms with van der Waals surface area (Å²) in [5.41, 5.74) is 0. The minimum atomic E-state index is -3.42. The first-order valence-corrected chi connectivity index (χ1v) is 22.7. The molecule has 1 fully saturated rings. The predicted molar refractivity (Wildman–Crippen MR) is 175 cm³/mol. The highest BCUT2D eigenvalue weighted by Gasteiger charge is 2.62. The quantitative estimate of drug-likeness (QED) is 0.280. The van der Waals surface area contributed by atoms with Gasteiger partial charge in [-0.25, -0.2) is 0 Å². The van der Waals surface area contributed by atoms with Gasteiger partial charge in [0.05, 0.1) is 0 Å². The van der Waals surface area contributed by atoms with Crippen molar-refractivity contribution in [1.82, 2.24) is 0 Å². The monoisotopic (exact) mass is 606 g/mol. The Hall–Kier alpha value is -3.19. The Bertz CT molecular complexity index is 1480. The van der Waals surface area contributed by atoms with E-state index in [0.717, 1.165) is 25.9 Å². The van der Waals surface area contributed by atoms with Crippen LogP contribution in [0.15, 0.2) is 152 Å². The number of hydrogen-bond donors (Lipinski definition) is 0. The molecule has 0 amide bonds. The van der Waals surface area contributed by atoms with E-state index in [2.05, 4.69) is 141 Å². The largest absolute Gasteiger partial charge is 0.409 e. The normalized spacial score (nSPS) is 26.0. The van der Waals surface area contributed by atoms with E-state index in [-0.39, 0.29) is 0 Å². The van der Waals surface area contributed by atoms with E-state index in [9.17, 15) is 0 Å². The van der Waals surface area contributed by atoms with Crippen molar-refractivity contribution in [1.29, 1.82) is 0 Å². The fraction of sp³-hybridized carbons (Fsp3) is 0.0909. The van der Waals surface area contributed by atoms with Gasteiger partial charge in [-0.15, -0.1) is 0 Å². The molecule has 0 aliphatic carbocycles. The van der Waals surface area contributed by atoms with E-state index < -0.39 is 34.2 Å². The average Bonchev–Trinajstić information content (AvgIpc) is 3.02. The molecule has 0 aromatic heterocycles. The molecule has 2 atom stereocenters. The van der Waals surface area contributed by atoms with Gasteiger partial charge in [0.15, 0.2) is 0 Å². The summed E-state index contributed by atoms with van der Waals surface area (Å²) in [5.74, 6) is 0. The Labute approximate surface area is 247 Å². The maximum atomic E-state index is 7.68. The lowest BCUT2D eigenvalue weighted by atomic mass is 10.4. The molecule has 0 saturated carbocycles. The van der Waals surface area contributed by atoms with Crippen LogP contribution in [0.4, 0.5) is 0 Å². The van der Waals surface area contributed by atoms with Crippen molar-refractivity contribution in [2.45, 2.75) is 19.6 Å². The van der Waals surface area contributed by atoms with Crippen molar-refractivity contribution in [3.8, 4) is 0 Å². The summed E-state index contributed by atoms with van der Waals surface area (Å²) in [6, 6.07) is 52.0. The van der Waals surface area contributed by atoms with Gasteiger partial charge in [-0.1, -0.05) is 152 Å². The highest BCUT2D eigenvalue weighted by molar-refractivity contribution is 7.09. The lowest BCUT2D eigenvalue weighted by Gasteiger charge is -2.51. The molecule has 0 bridgehead atoms. The van der Waals surface area contributed by atoms with Gasteiger partial charge in [0.1, 0.15) is 0 Å². The molecule has 1 saturated heterocycles. The molecule has 1 aliphatic rings. The summed E-state index contributed by atoms with van der Waals surface area (Å²) >= 11 is 0. The van der Waals surface area contributed by atoms with Crippen LogP contribution in [0.1, 0.15) is 0 Å². The van der Waals surface area contributed by atoms with Crippen molar-refractivity contribution in [3.05, 3.63) is 152 Å². The maximum absolute atomic E-state index is 7.68. The van der Waals surface area contributed by atoms with Gasteiger partial charge in [0.2, 0.25) is 0 Å². The van der Waals surface area contributed by atoms with Crippen LogP contribution < -0.4 is 25.9 Å². The standard InChI is InChI=1S/C33H34O4Si4/c1-38(29-19-9-4-10-20-29)34-39(2,30-21-11-5-12-22-30)36-41(32-25-15-7-16-26-32,33-27-17-8-18-28-33)37-40(3,35-38)31-23-13-6-14-24-31/h4-28H,1-3H3. The minimum absolute atomic E-state index is 1.03. The van der Waals surface area contributed by atoms with Gasteiger partial charge in [-0.05, 0) is 45.6 Å². The summed E-state index contributed by atoms with van der Waals surface area (Å²) in [7, 11) is -12.9. The van der Waals surface area contributed by atoms with E-state index in [1.54, 1.807) is 0 Å². The third kappa shape index (κ3) is 5.41. The van der Waals surface area contributed by atoms with Crippen LogP contribution in [0, 0.1) is 0 Å². The molecular formula is C33H34O4Si4. The molecule has 206 valence electrons. The summed E-state index contributed by atoms with van der Waals surface area (Å²) < 4.78 is 30.3. The highest BCUT2D eigenvalue weighted by Crippen LogP contribution is 2.31. The van der Waals surface area contributed by atoms with Crippen molar-refractivity contribution >= 4 is 60.2 Å². The summed E-state index contributed by atoms with van der Waals surface area (Å²) in [6.45, 7) is 6.46. The fourth-order valence-corrected chi connectivity index (χ4v) is 26.9. The molecule has 0 N–H and O–H groups in total. The highest BCUT2D eigenvalue weighted by atomic mass is 28.5. The second-order valence-corrected chi connectivity index (χ2v) is 23.8. The van der Waals surface area contributed by atoms with Gasteiger partial charge >= 0.3 is 34.2 Å². The van der Waals surface area contributed by atoms with E-state index >= 15 is 0 Å². The van der Waals surface area contributed by atoms with Crippen molar-refractivity contribution in [2.75, 3.05) is 0 Å². The van der Waals surface area contributed by atoms with E-state index in [1.807, 2.05) is 30.3 Å². The SMILES string of the molecule is C[Si]1(c2ccccc2)O[Si](C)(c2ccccc2)O[Si](c2ccccc2)(c2ccccc2)O[Si](C)(c2ccccc2)O1. The molecule has 1 heterocycles. The zero-order valence-electron chi connectivity index (χ0n) is 23.6. The zero-order chi connectivity index (χ0) is 28.4. The van der Waals surface area contributed by atoms with Gasteiger partial charge < -0.3 is 16.5 Å². The minimum Gasteiger partial charge on any atom is -0.409 e. The van der Waals surface area contributed by atoms with Gasteiger partial charge in [0.25, 0.3) is 0 Å². The molecular weight excluding hydrogens is 573 g/mol. The van der Waals surface area contributed by atoms with Crippen molar-refractivity contribution in [3.63, 3.8) is 0 Å². The number of rotatable bonds is 5. The molecule has 2 unspecified atom stereocenters. The summed E-state index contributed by atoms with van der Waals surface area (Å²) in [4.78, 5) is 0. The van der Waals surface area contributed by atoms with Crippen molar-refractivity contribution in [2.24, 2.45) is 0 Å². The summed E-state index contributed by atoms with van der Waals surface area (Å²) in [6.07, 6.45) is 0. The first-order chi connectivity index (χ1) is 19.9. The number of benzene rings is 5. The molecule has 0 spiro atoms. The van der Waals surface area contributed by atoms with Gasteiger partial charge in [0, 0.05) is 0 Å². The summed E-state index contributed by atoms with van der Waals surface area (Å²) in [5, 5.41) is 5.23. The Balaban J connectivity index is 1.65. The molecule has 4 nitrogen and oxygen atoms in total. The Kier molecular flexibility index (Phi) is 7.66. The third-order valence-corrected chi connectivity index (χ3v) is 25.6. The smallest absolute Gasteiger partial charge is 0.389 e. The molecule has 5 aromatic rings. The topological polar surface area (TPSA) is 36.9 Å². The number of hydrogen-bond acceptors (Lipinski definition) is 4. The first kappa shape index (κ1) is 28.0. The van der Waals surface area contributed by atoms with Crippen LogP contribution in [0.5, 0.6) is 0 Å². The predicted octanol–water partition coefficient (Wildman–Crippen LogP) is 4.26. The van der Waals surface area contributed by atoms with E-state index in [4.69, 9.17) is 16.5 Å². The van der Waals surface area contributed by atoms with Gasteiger partial charge in [-0.2, -0.15) is 0 Å². The lowest BCUT2D eigenvalue weighted by Crippen LogP contribution is -2.81. The van der Waals surface area contributed by atoms with Crippen LogP contribution >= 0.6 is 0 Å². The molecule has 41 heavy (non-hydrogen) atoms.